The second-order valence-corrected chi connectivity index (χ2v) is 10.1. The van der Waals surface area contributed by atoms with Gasteiger partial charge in [0.25, 0.3) is 0 Å². The lowest BCUT2D eigenvalue weighted by Gasteiger charge is -2.31. The van der Waals surface area contributed by atoms with Gasteiger partial charge in [-0.3, -0.25) is 4.79 Å². The summed E-state index contributed by atoms with van der Waals surface area (Å²) in [5, 5.41) is 11.8. The number of halogens is 1. The molecular weight excluding hydrogens is 457 g/mol. The number of nitrogens with one attached hydrogen (secondary N) is 1. The number of nitriles is 1. The van der Waals surface area contributed by atoms with Gasteiger partial charge in [-0.05, 0) is 43.2 Å². The maximum absolute atomic E-state index is 14.6. The summed E-state index contributed by atoms with van der Waals surface area (Å²) in [6.45, 7) is 0.375. The highest BCUT2D eigenvalue weighted by atomic mass is 32.2. The Morgan fingerprint density at radius 2 is 1.85 bits per heavy atom. The molecule has 176 valence electrons. The van der Waals surface area contributed by atoms with Gasteiger partial charge in [0.1, 0.15) is 17.7 Å². The highest BCUT2D eigenvalue weighted by Crippen LogP contribution is 2.27. The Bertz CT molecular complexity index is 1320. The van der Waals surface area contributed by atoms with Crippen LogP contribution in [0.2, 0.25) is 0 Å². The molecule has 0 spiro atoms. The molecule has 0 bridgehead atoms. The van der Waals surface area contributed by atoms with Gasteiger partial charge >= 0.3 is 0 Å². The summed E-state index contributed by atoms with van der Waals surface area (Å²) in [4.78, 5) is 17.5. The van der Waals surface area contributed by atoms with E-state index in [1.54, 1.807) is 42.2 Å². The van der Waals surface area contributed by atoms with E-state index in [0.29, 0.717) is 29.8 Å². The second kappa shape index (κ2) is 9.75. The summed E-state index contributed by atoms with van der Waals surface area (Å²) in [7, 11) is -1.95. The first-order valence-electron chi connectivity index (χ1n) is 10.8. The molecule has 1 unspecified atom stereocenters. The number of amides is 1. The fourth-order valence-corrected chi connectivity index (χ4v) is 5.58. The number of carbonyl (C=O) groups is 1. The minimum Gasteiger partial charge on any atom is -0.342 e. The molecule has 0 aliphatic carbocycles. The molecule has 0 saturated carbocycles. The van der Waals surface area contributed by atoms with Gasteiger partial charge in [0, 0.05) is 44.0 Å². The number of rotatable bonds is 6. The van der Waals surface area contributed by atoms with Crippen molar-refractivity contribution in [1.82, 2.24) is 19.2 Å². The smallest absolute Gasteiger partial charge is 0.243 e. The third-order valence-corrected chi connectivity index (χ3v) is 7.98. The zero-order valence-corrected chi connectivity index (χ0v) is 19.4. The zero-order valence-electron chi connectivity index (χ0n) is 18.6. The molecule has 1 N–H and O–H groups in total. The van der Waals surface area contributed by atoms with E-state index in [1.807, 2.05) is 6.07 Å². The monoisotopic (exact) mass is 481 g/mol. The Balaban J connectivity index is 1.46. The highest BCUT2D eigenvalue weighted by molar-refractivity contribution is 7.89. The number of benzene rings is 2. The van der Waals surface area contributed by atoms with Gasteiger partial charge in [-0.1, -0.05) is 18.2 Å². The molecule has 10 heteroatoms. The van der Waals surface area contributed by atoms with E-state index in [1.165, 1.54) is 34.6 Å². The van der Waals surface area contributed by atoms with Crippen molar-refractivity contribution in [3.05, 3.63) is 83.7 Å². The van der Waals surface area contributed by atoms with Crippen molar-refractivity contribution in [2.75, 3.05) is 13.1 Å². The Kier molecular flexibility index (Phi) is 6.77. The second-order valence-electron chi connectivity index (χ2n) is 8.17. The van der Waals surface area contributed by atoms with Crippen molar-refractivity contribution in [3.63, 3.8) is 0 Å². The van der Waals surface area contributed by atoms with E-state index < -0.39 is 27.8 Å². The summed E-state index contributed by atoms with van der Waals surface area (Å²) in [6, 6.07) is 13.2. The Morgan fingerprint density at radius 1 is 1.18 bits per heavy atom. The lowest BCUT2D eigenvalue weighted by Crippen LogP contribution is -2.44. The first-order valence-corrected chi connectivity index (χ1v) is 12.3. The van der Waals surface area contributed by atoms with Crippen LogP contribution in [0, 0.1) is 23.1 Å². The summed E-state index contributed by atoms with van der Waals surface area (Å²) >= 11 is 0. The van der Waals surface area contributed by atoms with Gasteiger partial charge in [0.2, 0.25) is 15.9 Å². The zero-order chi connectivity index (χ0) is 24.3. The topological polar surface area (TPSA) is 108 Å². The fraction of sp³-hybridized carbons (Fsp3) is 0.292. The Hall–Kier alpha value is -3.55. The van der Waals surface area contributed by atoms with Crippen molar-refractivity contribution in [1.29, 1.82) is 5.26 Å². The molecule has 34 heavy (non-hydrogen) atoms. The standard InChI is InChI=1S/C24H24FN5O3S/c1-29-15-12-27-23(29)22(20-4-2-3-5-21(20)25)28-24(31)18-10-13-30(14-11-18)34(32,33)19-8-6-17(16-26)7-9-19/h2-9,12,15,18,22H,10-11,13-14H2,1H3,(H,28,31). The highest BCUT2D eigenvalue weighted by Gasteiger charge is 2.34. The number of hydrogen-bond donors (Lipinski definition) is 1. The maximum atomic E-state index is 14.6. The van der Waals surface area contributed by atoms with Crippen LogP contribution in [0.4, 0.5) is 4.39 Å². The van der Waals surface area contributed by atoms with Crippen LogP contribution in [0.1, 0.15) is 35.8 Å². The molecule has 1 aromatic heterocycles. The average molecular weight is 482 g/mol. The summed E-state index contributed by atoms with van der Waals surface area (Å²) in [6.07, 6.45) is 3.99. The van der Waals surface area contributed by atoms with Crippen molar-refractivity contribution < 1.29 is 17.6 Å². The number of sulfonamides is 1. The third-order valence-electron chi connectivity index (χ3n) is 6.07. The molecule has 1 aliphatic heterocycles. The van der Waals surface area contributed by atoms with Crippen LogP contribution in [0.15, 0.2) is 65.8 Å². The predicted octanol–water partition coefficient (Wildman–Crippen LogP) is 2.74. The largest absolute Gasteiger partial charge is 0.342 e. The molecule has 4 rings (SSSR count). The lowest BCUT2D eigenvalue weighted by molar-refractivity contribution is -0.126. The average Bonchev–Trinajstić information content (AvgIpc) is 3.28. The van der Waals surface area contributed by atoms with Crippen LogP contribution < -0.4 is 5.32 Å². The molecule has 2 heterocycles. The predicted molar refractivity (Wildman–Crippen MR) is 122 cm³/mol. The number of hydrogen-bond acceptors (Lipinski definition) is 5. The molecule has 0 radical (unpaired) electrons. The van der Waals surface area contributed by atoms with Gasteiger partial charge in [0.15, 0.2) is 0 Å². The Morgan fingerprint density at radius 3 is 2.44 bits per heavy atom. The molecule has 1 atom stereocenters. The molecule has 2 aromatic carbocycles. The summed E-state index contributed by atoms with van der Waals surface area (Å²) in [5.74, 6) is -0.632. The fourth-order valence-electron chi connectivity index (χ4n) is 4.11. The molecule has 3 aromatic rings. The third kappa shape index (κ3) is 4.71. The quantitative estimate of drug-likeness (QED) is 0.583. The van der Waals surface area contributed by atoms with Crippen molar-refractivity contribution in [2.45, 2.75) is 23.8 Å². The van der Waals surface area contributed by atoms with Crippen LogP contribution in [0.25, 0.3) is 0 Å². The number of piperidine rings is 1. The minimum absolute atomic E-state index is 0.115. The minimum atomic E-state index is -3.72. The lowest BCUT2D eigenvalue weighted by atomic mass is 9.96. The molecule has 1 amide bonds. The van der Waals surface area contributed by atoms with Crippen LogP contribution in [-0.4, -0.2) is 41.3 Å². The molecular formula is C24H24FN5O3S. The van der Waals surface area contributed by atoms with E-state index in [4.69, 9.17) is 5.26 Å². The maximum Gasteiger partial charge on any atom is 0.243 e. The van der Waals surface area contributed by atoms with E-state index in [9.17, 15) is 17.6 Å². The van der Waals surface area contributed by atoms with Gasteiger partial charge in [-0.25, -0.2) is 17.8 Å². The van der Waals surface area contributed by atoms with Crippen LogP contribution >= 0.6 is 0 Å². The Labute approximate surface area is 197 Å². The molecule has 1 aliphatic rings. The molecule has 8 nitrogen and oxygen atoms in total. The van der Waals surface area contributed by atoms with Gasteiger partial charge < -0.3 is 9.88 Å². The number of aromatic nitrogens is 2. The number of carbonyl (C=O) groups excluding carboxylic acids is 1. The van der Waals surface area contributed by atoms with E-state index >= 15 is 0 Å². The van der Waals surface area contributed by atoms with E-state index in [-0.39, 0.29) is 23.9 Å². The van der Waals surface area contributed by atoms with Crippen molar-refractivity contribution >= 4 is 15.9 Å². The molecule has 1 fully saturated rings. The van der Waals surface area contributed by atoms with Crippen LogP contribution in [0.5, 0.6) is 0 Å². The normalized spacial score (nSPS) is 16.0. The van der Waals surface area contributed by atoms with Gasteiger partial charge in [-0.15, -0.1) is 0 Å². The number of imidazole rings is 1. The van der Waals surface area contributed by atoms with Gasteiger partial charge in [-0.2, -0.15) is 9.57 Å². The summed E-state index contributed by atoms with van der Waals surface area (Å²) in [5.41, 5.74) is 0.692. The molecule has 1 saturated heterocycles. The number of aryl methyl sites for hydroxylation is 1. The number of nitrogens with zero attached hydrogens (tertiary/aromatic N) is 4. The van der Waals surface area contributed by atoms with Crippen LogP contribution in [-0.2, 0) is 21.9 Å². The van der Waals surface area contributed by atoms with Crippen LogP contribution in [0.3, 0.4) is 0 Å². The van der Waals surface area contributed by atoms with Crippen molar-refractivity contribution in [2.24, 2.45) is 13.0 Å². The van der Waals surface area contributed by atoms with Crippen molar-refractivity contribution in [3.8, 4) is 6.07 Å². The van der Waals surface area contributed by atoms with Gasteiger partial charge in [0.05, 0.1) is 16.5 Å². The summed E-state index contributed by atoms with van der Waals surface area (Å²) < 4.78 is 43.5. The first kappa shape index (κ1) is 23.6. The van der Waals surface area contributed by atoms with E-state index in [0.717, 1.165) is 0 Å². The van der Waals surface area contributed by atoms with E-state index in [2.05, 4.69) is 10.3 Å². The first-order chi connectivity index (χ1) is 16.3. The SMILES string of the molecule is Cn1ccnc1C(NC(=O)C1CCN(S(=O)(=O)c2ccc(C#N)cc2)CC1)c1ccccc1F.